The van der Waals surface area contributed by atoms with E-state index in [1.54, 1.807) is 0 Å². The number of carbonyl (C=O) groups excluding carboxylic acids is 2. The molecule has 0 heterocycles. The Bertz CT molecular complexity index is 476. The van der Waals surface area contributed by atoms with Gasteiger partial charge in [0, 0.05) is 0 Å². The molecular formula is C21H32O4. The second-order valence-electron chi connectivity index (χ2n) is 6.38. The third-order valence-corrected chi connectivity index (χ3v) is 4.33. The largest absolute Gasteiger partial charge is 0.465 e. The second kappa shape index (κ2) is 12.5. The summed E-state index contributed by atoms with van der Waals surface area (Å²) >= 11 is 0. The van der Waals surface area contributed by atoms with Crippen molar-refractivity contribution < 1.29 is 19.1 Å². The van der Waals surface area contributed by atoms with Gasteiger partial charge in [0.05, 0.1) is 13.2 Å². The molecule has 140 valence electrons. The number of benzene rings is 1. The minimum absolute atomic E-state index is 0.120. The summed E-state index contributed by atoms with van der Waals surface area (Å²) in [6.45, 7) is 6.79. The lowest BCUT2D eigenvalue weighted by molar-refractivity contribution is -0.165. The van der Waals surface area contributed by atoms with Gasteiger partial charge in [-0.3, -0.25) is 9.59 Å². The minimum Gasteiger partial charge on any atom is -0.465 e. The van der Waals surface area contributed by atoms with Crippen LogP contribution in [0.2, 0.25) is 0 Å². The van der Waals surface area contributed by atoms with Crippen LogP contribution in [0.25, 0.3) is 0 Å². The summed E-state index contributed by atoms with van der Waals surface area (Å²) in [6.07, 6.45) is 4.87. The van der Waals surface area contributed by atoms with E-state index in [-0.39, 0.29) is 5.92 Å². The zero-order valence-corrected chi connectivity index (χ0v) is 15.8. The van der Waals surface area contributed by atoms with Crippen LogP contribution >= 0.6 is 0 Å². The predicted molar refractivity (Wildman–Crippen MR) is 99.2 cm³/mol. The average molecular weight is 348 g/mol. The Morgan fingerprint density at radius 1 is 0.880 bits per heavy atom. The quantitative estimate of drug-likeness (QED) is 0.316. The second-order valence-corrected chi connectivity index (χ2v) is 6.38. The zero-order valence-electron chi connectivity index (χ0n) is 15.8. The first kappa shape index (κ1) is 21.2. The van der Waals surface area contributed by atoms with Crippen molar-refractivity contribution in [1.29, 1.82) is 0 Å². The molecule has 1 aromatic rings. The maximum absolute atomic E-state index is 12.6. The molecule has 0 saturated heterocycles. The van der Waals surface area contributed by atoms with Crippen LogP contribution in [0.1, 0.15) is 58.4 Å². The number of unbranched alkanes of at least 4 members (excludes halogenated alkanes) is 2. The van der Waals surface area contributed by atoms with E-state index in [1.165, 1.54) is 0 Å². The van der Waals surface area contributed by atoms with Gasteiger partial charge < -0.3 is 9.47 Å². The van der Waals surface area contributed by atoms with Crippen LogP contribution in [-0.4, -0.2) is 25.2 Å². The number of hydrogen-bond donors (Lipinski definition) is 0. The fourth-order valence-electron chi connectivity index (χ4n) is 2.71. The van der Waals surface area contributed by atoms with Crippen molar-refractivity contribution in [3.05, 3.63) is 35.9 Å². The molecule has 0 aliphatic rings. The van der Waals surface area contributed by atoms with Crippen molar-refractivity contribution in [1.82, 2.24) is 0 Å². The Morgan fingerprint density at radius 3 is 1.84 bits per heavy atom. The van der Waals surface area contributed by atoms with Gasteiger partial charge in [0.2, 0.25) is 0 Å². The lowest BCUT2D eigenvalue weighted by atomic mass is 9.84. The number of ether oxygens (including phenoxy) is 2. The topological polar surface area (TPSA) is 52.6 Å². The van der Waals surface area contributed by atoms with Crippen molar-refractivity contribution in [3.63, 3.8) is 0 Å². The highest BCUT2D eigenvalue weighted by Gasteiger charge is 2.36. The molecule has 0 saturated carbocycles. The Balaban J connectivity index is 2.84. The van der Waals surface area contributed by atoms with Gasteiger partial charge in [-0.05, 0) is 30.7 Å². The van der Waals surface area contributed by atoms with Gasteiger partial charge in [0.25, 0.3) is 0 Å². The standard InChI is InChI=1S/C21H32O4/c1-4-7-14-24-20(22)19(21(23)25-15-8-5-2)18(6-3)16-17-12-10-9-11-13-17/h9-13,18-19H,4-8,14-16H2,1-3H3. The van der Waals surface area contributed by atoms with E-state index in [9.17, 15) is 9.59 Å². The molecule has 1 rings (SSSR count). The van der Waals surface area contributed by atoms with E-state index in [1.807, 2.05) is 51.1 Å². The van der Waals surface area contributed by atoms with Gasteiger partial charge >= 0.3 is 11.9 Å². The van der Waals surface area contributed by atoms with Crippen molar-refractivity contribution in [2.45, 2.75) is 59.3 Å². The first-order valence-electron chi connectivity index (χ1n) is 9.51. The molecule has 0 fully saturated rings. The first-order valence-corrected chi connectivity index (χ1v) is 9.51. The van der Waals surface area contributed by atoms with Gasteiger partial charge in [-0.25, -0.2) is 0 Å². The van der Waals surface area contributed by atoms with Crippen molar-refractivity contribution >= 4 is 11.9 Å². The molecule has 1 atom stereocenters. The SMILES string of the molecule is CCCCOC(=O)C(C(=O)OCCCC)C(CC)Cc1ccccc1. The van der Waals surface area contributed by atoms with Crippen molar-refractivity contribution in [2.75, 3.05) is 13.2 Å². The summed E-state index contributed by atoms with van der Waals surface area (Å²) in [6, 6.07) is 9.93. The molecule has 0 radical (unpaired) electrons. The summed E-state index contributed by atoms with van der Waals surface area (Å²) < 4.78 is 10.7. The molecule has 0 N–H and O–H groups in total. The summed E-state index contributed by atoms with van der Waals surface area (Å²) in [5.74, 6) is -1.86. The number of carbonyl (C=O) groups is 2. The van der Waals surface area contributed by atoms with Crippen LogP contribution in [-0.2, 0) is 25.5 Å². The van der Waals surface area contributed by atoms with Crippen LogP contribution in [0.5, 0.6) is 0 Å². The Hall–Kier alpha value is -1.84. The fraction of sp³-hybridized carbons (Fsp3) is 0.619. The highest BCUT2D eigenvalue weighted by Crippen LogP contribution is 2.24. The third kappa shape index (κ3) is 7.72. The molecule has 0 aliphatic carbocycles. The van der Waals surface area contributed by atoms with E-state index in [2.05, 4.69) is 0 Å². The lowest BCUT2D eigenvalue weighted by Crippen LogP contribution is -2.35. The molecule has 25 heavy (non-hydrogen) atoms. The van der Waals surface area contributed by atoms with E-state index in [4.69, 9.17) is 9.47 Å². The van der Waals surface area contributed by atoms with Crippen LogP contribution in [0.4, 0.5) is 0 Å². The molecule has 0 aliphatic heterocycles. The van der Waals surface area contributed by atoms with Crippen LogP contribution in [0.3, 0.4) is 0 Å². The Morgan fingerprint density at radius 2 is 1.40 bits per heavy atom. The maximum Gasteiger partial charge on any atom is 0.320 e. The predicted octanol–water partition coefficient (Wildman–Crippen LogP) is 4.56. The molecule has 0 amide bonds. The summed E-state index contributed by atoms with van der Waals surface area (Å²) in [7, 11) is 0. The monoisotopic (exact) mass is 348 g/mol. The smallest absolute Gasteiger partial charge is 0.320 e. The average Bonchev–Trinajstić information content (AvgIpc) is 2.62. The van der Waals surface area contributed by atoms with Gasteiger partial charge in [0.1, 0.15) is 0 Å². The van der Waals surface area contributed by atoms with E-state index >= 15 is 0 Å². The van der Waals surface area contributed by atoms with Crippen LogP contribution in [0.15, 0.2) is 30.3 Å². The summed E-state index contributed by atoms with van der Waals surface area (Å²) in [5.41, 5.74) is 1.11. The number of esters is 2. The van der Waals surface area contributed by atoms with E-state index in [0.29, 0.717) is 26.1 Å². The van der Waals surface area contributed by atoms with Gasteiger partial charge in [0.15, 0.2) is 5.92 Å². The fourth-order valence-corrected chi connectivity index (χ4v) is 2.71. The first-order chi connectivity index (χ1) is 12.1. The van der Waals surface area contributed by atoms with Crippen molar-refractivity contribution in [3.8, 4) is 0 Å². The molecule has 4 heteroatoms. The van der Waals surface area contributed by atoms with Crippen molar-refractivity contribution in [2.24, 2.45) is 11.8 Å². The minimum atomic E-state index is -0.848. The Labute approximate surface area is 151 Å². The van der Waals surface area contributed by atoms with Gasteiger partial charge in [-0.2, -0.15) is 0 Å². The molecule has 1 aromatic carbocycles. The highest BCUT2D eigenvalue weighted by atomic mass is 16.6. The number of hydrogen-bond acceptors (Lipinski definition) is 4. The van der Waals surface area contributed by atoms with Crippen LogP contribution in [0, 0.1) is 11.8 Å². The van der Waals surface area contributed by atoms with Crippen LogP contribution < -0.4 is 0 Å². The third-order valence-electron chi connectivity index (χ3n) is 4.33. The summed E-state index contributed by atoms with van der Waals surface area (Å²) in [5, 5.41) is 0. The molecule has 4 nitrogen and oxygen atoms in total. The normalized spacial score (nSPS) is 12.0. The van der Waals surface area contributed by atoms with E-state index < -0.39 is 17.9 Å². The molecule has 0 aromatic heterocycles. The Kier molecular flexibility index (Phi) is 10.6. The van der Waals surface area contributed by atoms with Gasteiger partial charge in [-0.15, -0.1) is 0 Å². The molecule has 0 bridgehead atoms. The zero-order chi connectivity index (χ0) is 18.5. The van der Waals surface area contributed by atoms with E-state index in [0.717, 1.165) is 31.2 Å². The van der Waals surface area contributed by atoms with Gasteiger partial charge in [-0.1, -0.05) is 70.4 Å². The summed E-state index contributed by atoms with van der Waals surface area (Å²) in [4.78, 5) is 25.1. The molecule has 0 spiro atoms. The molecular weight excluding hydrogens is 316 g/mol. The lowest BCUT2D eigenvalue weighted by Gasteiger charge is -2.23. The maximum atomic E-state index is 12.6. The number of rotatable bonds is 12. The highest BCUT2D eigenvalue weighted by molar-refractivity contribution is 5.95. The molecule has 1 unspecified atom stereocenters.